The highest BCUT2D eigenvalue weighted by molar-refractivity contribution is 5.76. The Morgan fingerprint density at radius 2 is 2.17 bits per heavy atom. The van der Waals surface area contributed by atoms with Gasteiger partial charge >= 0.3 is 11.7 Å². The first-order chi connectivity index (χ1) is 8.70. The maximum absolute atomic E-state index is 11.7. The number of para-hydroxylation sites is 1. The summed E-state index contributed by atoms with van der Waals surface area (Å²) in [4.78, 5) is 15.8. The average molecular weight is 247 g/mol. The molecule has 96 valence electrons. The molecule has 0 N–H and O–H groups in total. The quantitative estimate of drug-likeness (QED) is 0.815. The molecule has 1 unspecified atom stereocenters. The maximum atomic E-state index is 11.7. The van der Waals surface area contributed by atoms with E-state index < -0.39 is 5.63 Å². The van der Waals surface area contributed by atoms with Gasteiger partial charge in [-0.25, -0.2) is 4.79 Å². The summed E-state index contributed by atoms with van der Waals surface area (Å²) in [6.07, 6.45) is 2.09. The summed E-state index contributed by atoms with van der Waals surface area (Å²) >= 11 is 0. The van der Waals surface area contributed by atoms with Crippen molar-refractivity contribution < 1.29 is 9.15 Å². The monoisotopic (exact) mass is 247 g/mol. The molecule has 18 heavy (non-hydrogen) atoms. The molecule has 1 atom stereocenters. The summed E-state index contributed by atoms with van der Waals surface area (Å²) in [7, 11) is 0. The van der Waals surface area contributed by atoms with Gasteiger partial charge in [0.2, 0.25) is 0 Å². The number of hydrogen-bond donors (Lipinski definition) is 0. The summed E-state index contributed by atoms with van der Waals surface area (Å²) < 4.78 is 10.4. The van der Waals surface area contributed by atoms with Crippen LogP contribution in [-0.2, 0) is 0 Å². The molecule has 2 rings (SSSR count). The molecule has 0 amide bonds. The molecule has 0 saturated carbocycles. The molecule has 0 bridgehead atoms. The zero-order chi connectivity index (χ0) is 13.0. The van der Waals surface area contributed by atoms with Gasteiger partial charge in [-0.1, -0.05) is 32.4 Å². The Labute approximate surface area is 106 Å². The third-order valence-electron chi connectivity index (χ3n) is 3.05. The second-order valence-corrected chi connectivity index (χ2v) is 4.43. The Bertz CT molecular complexity index is 577. The second kappa shape index (κ2) is 5.67. The molecule has 0 fully saturated rings. The normalized spacial score (nSPS) is 12.6. The Morgan fingerprint density at radius 1 is 1.39 bits per heavy atom. The molecule has 2 aromatic rings. The van der Waals surface area contributed by atoms with Gasteiger partial charge in [-0.2, -0.15) is 4.98 Å². The number of ether oxygens (including phenoxy) is 1. The summed E-state index contributed by atoms with van der Waals surface area (Å²) in [6.45, 7) is 4.82. The number of fused-ring (bicyclic) bond motifs is 1. The number of hydrogen-bond acceptors (Lipinski definition) is 4. The van der Waals surface area contributed by atoms with Crippen molar-refractivity contribution in [1.29, 1.82) is 0 Å². The van der Waals surface area contributed by atoms with E-state index in [1.807, 2.05) is 6.07 Å². The van der Waals surface area contributed by atoms with Crippen molar-refractivity contribution in [2.24, 2.45) is 5.92 Å². The zero-order valence-corrected chi connectivity index (χ0v) is 10.7. The smallest absolute Gasteiger partial charge is 0.397 e. The number of benzene rings is 1. The molecule has 0 saturated heterocycles. The third-order valence-corrected chi connectivity index (χ3v) is 3.05. The first-order valence-corrected chi connectivity index (χ1v) is 6.23. The van der Waals surface area contributed by atoms with Gasteiger partial charge < -0.3 is 9.15 Å². The molecule has 0 aliphatic rings. The highest BCUT2D eigenvalue weighted by Gasteiger charge is 2.07. The molecular formula is C14H17NO3. The van der Waals surface area contributed by atoms with Gasteiger partial charge in [-0.05, 0) is 24.5 Å². The zero-order valence-electron chi connectivity index (χ0n) is 10.7. The van der Waals surface area contributed by atoms with Crippen molar-refractivity contribution in [3.8, 4) is 6.08 Å². The second-order valence-electron chi connectivity index (χ2n) is 4.43. The van der Waals surface area contributed by atoms with E-state index >= 15 is 0 Å². The van der Waals surface area contributed by atoms with Crippen LogP contribution in [-0.4, -0.2) is 11.6 Å². The van der Waals surface area contributed by atoms with Gasteiger partial charge in [0.05, 0.1) is 17.5 Å². The van der Waals surface area contributed by atoms with Crippen molar-refractivity contribution in [3.63, 3.8) is 0 Å². The standard InChI is InChI=1S/C14H17NO3/c1-3-10(2)8-9-17-14-15-12-7-5-4-6-11(12)13(16)18-14/h4-7,10H,3,8-9H2,1-2H3. The molecular weight excluding hydrogens is 230 g/mol. The minimum atomic E-state index is -0.404. The van der Waals surface area contributed by atoms with Gasteiger partial charge in [0.25, 0.3) is 0 Å². The van der Waals surface area contributed by atoms with Crippen molar-refractivity contribution >= 4 is 10.9 Å². The minimum Gasteiger partial charge on any atom is -0.450 e. The van der Waals surface area contributed by atoms with Crippen LogP contribution in [0.5, 0.6) is 6.08 Å². The predicted octanol–water partition coefficient (Wildman–Crippen LogP) is 3.00. The van der Waals surface area contributed by atoms with E-state index in [-0.39, 0.29) is 6.08 Å². The van der Waals surface area contributed by atoms with Crippen molar-refractivity contribution in [2.75, 3.05) is 6.61 Å². The van der Waals surface area contributed by atoms with Crippen LogP contribution in [0.4, 0.5) is 0 Å². The van der Waals surface area contributed by atoms with Crippen molar-refractivity contribution in [2.45, 2.75) is 26.7 Å². The number of aromatic nitrogens is 1. The van der Waals surface area contributed by atoms with Crippen LogP contribution in [0.15, 0.2) is 33.5 Å². The lowest BCUT2D eigenvalue weighted by Crippen LogP contribution is -2.08. The van der Waals surface area contributed by atoms with Crippen molar-refractivity contribution in [3.05, 3.63) is 34.7 Å². The largest absolute Gasteiger partial charge is 0.450 e. The van der Waals surface area contributed by atoms with Crippen LogP contribution in [0.2, 0.25) is 0 Å². The van der Waals surface area contributed by atoms with Crippen LogP contribution in [0.25, 0.3) is 10.9 Å². The van der Waals surface area contributed by atoms with E-state index in [1.165, 1.54) is 0 Å². The minimum absolute atomic E-state index is 0.0574. The third kappa shape index (κ3) is 2.88. The Hall–Kier alpha value is -1.84. The lowest BCUT2D eigenvalue weighted by atomic mass is 10.1. The topological polar surface area (TPSA) is 52.3 Å². The molecule has 0 aliphatic heterocycles. The van der Waals surface area contributed by atoms with Crippen LogP contribution in [0, 0.1) is 5.92 Å². The summed E-state index contributed by atoms with van der Waals surface area (Å²) in [5, 5.41) is 0.478. The molecule has 1 aromatic carbocycles. The van der Waals surface area contributed by atoms with Crippen LogP contribution in [0.1, 0.15) is 26.7 Å². The fourth-order valence-corrected chi connectivity index (χ4v) is 1.61. The lowest BCUT2D eigenvalue weighted by molar-refractivity contribution is 0.201. The van der Waals surface area contributed by atoms with E-state index in [0.717, 1.165) is 12.8 Å². The lowest BCUT2D eigenvalue weighted by Gasteiger charge is -2.08. The fourth-order valence-electron chi connectivity index (χ4n) is 1.61. The van der Waals surface area contributed by atoms with E-state index in [2.05, 4.69) is 18.8 Å². The number of nitrogens with zero attached hydrogens (tertiary/aromatic N) is 1. The van der Waals surface area contributed by atoms with Gasteiger partial charge in [-0.15, -0.1) is 0 Å². The molecule has 4 nitrogen and oxygen atoms in total. The van der Waals surface area contributed by atoms with E-state index in [4.69, 9.17) is 9.15 Å². The Balaban J connectivity index is 2.12. The van der Waals surface area contributed by atoms with Crippen LogP contribution < -0.4 is 10.4 Å². The van der Waals surface area contributed by atoms with Crippen LogP contribution in [0.3, 0.4) is 0 Å². The summed E-state index contributed by atoms with van der Waals surface area (Å²) in [5.74, 6) is 0.595. The molecule has 4 heteroatoms. The molecule has 0 aliphatic carbocycles. The summed E-state index contributed by atoms with van der Waals surface area (Å²) in [5.41, 5.74) is 0.200. The first kappa shape index (κ1) is 12.6. The molecule has 1 heterocycles. The Kier molecular flexibility index (Phi) is 3.97. The van der Waals surface area contributed by atoms with Gasteiger partial charge in [0.15, 0.2) is 0 Å². The van der Waals surface area contributed by atoms with Gasteiger partial charge in [0.1, 0.15) is 0 Å². The van der Waals surface area contributed by atoms with Crippen LogP contribution >= 0.6 is 0 Å². The maximum Gasteiger partial charge on any atom is 0.397 e. The highest BCUT2D eigenvalue weighted by Crippen LogP contribution is 2.13. The van der Waals surface area contributed by atoms with E-state index in [9.17, 15) is 4.79 Å². The Morgan fingerprint density at radius 3 is 2.94 bits per heavy atom. The fraction of sp³-hybridized carbons (Fsp3) is 0.429. The number of rotatable bonds is 5. The first-order valence-electron chi connectivity index (χ1n) is 6.23. The van der Waals surface area contributed by atoms with Crippen molar-refractivity contribution in [1.82, 2.24) is 4.98 Å². The van der Waals surface area contributed by atoms with E-state index in [1.54, 1.807) is 18.2 Å². The SMILES string of the molecule is CCC(C)CCOc1nc2ccccc2c(=O)o1. The van der Waals surface area contributed by atoms with E-state index in [0.29, 0.717) is 23.4 Å². The van der Waals surface area contributed by atoms with Gasteiger partial charge in [-0.3, -0.25) is 0 Å². The highest BCUT2D eigenvalue weighted by atomic mass is 16.6. The summed E-state index contributed by atoms with van der Waals surface area (Å²) in [6, 6.07) is 7.08. The molecule has 1 aromatic heterocycles. The predicted molar refractivity (Wildman–Crippen MR) is 69.8 cm³/mol. The molecule has 0 radical (unpaired) electrons. The van der Waals surface area contributed by atoms with Gasteiger partial charge in [0, 0.05) is 0 Å². The molecule has 0 spiro atoms. The average Bonchev–Trinajstić information content (AvgIpc) is 2.38.